The Labute approximate surface area is 135 Å². The number of ether oxygens (including phenoxy) is 2. The predicted molar refractivity (Wildman–Crippen MR) is 83.0 cm³/mol. The monoisotopic (exact) mass is 315 g/mol. The summed E-state index contributed by atoms with van der Waals surface area (Å²) in [6.07, 6.45) is 1.89. The number of Topliss-reactive ketones (excluding diaryl/α,β-unsaturated/α-hetero) is 1. The second kappa shape index (κ2) is 4.08. The van der Waals surface area contributed by atoms with Crippen molar-refractivity contribution in [3.05, 3.63) is 23.3 Å². The molecule has 0 unspecified atom stereocenters. The van der Waals surface area contributed by atoms with Crippen molar-refractivity contribution < 1.29 is 19.4 Å². The van der Waals surface area contributed by atoms with Gasteiger partial charge in [-0.25, -0.2) is 0 Å². The first-order valence-corrected chi connectivity index (χ1v) is 8.35. The van der Waals surface area contributed by atoms with Crippen molar-refractivity contribution in [1.29, 1.82) is 0 Å². The molecule has 2 aliphatic carbocycles. The molecule has 4 aliphatic rings. The normalized spacial score (nSPS) is 40.6. The lowest BCUT2D eigenvalue weighted by molar-refractivity contribution is -0.185. The summed E-state index contributed by atoms with van der Waals surface area (Å²) >= 11 is 0. The molecular weight excluding hydrogens is 294 g/mol. The van der Waals surface area contributed by atoms with E-state index in [9.17, 15) is 9.90 Å². The molecule has 1 aromatic carbocycles. The fraction of sp³-hybridized carbons (Fsp3) is 0.611. The van der Waals surface area contributed by atoms with Crippen molar-refractivity contribution in [1.82, 2.24) is 4.90 Å². The fourth-order valence-electron chi connectivity index (χ4n) is 5.69. The summed E-state index contributed by atoms with van der Waals surface area (Å²) in [5, 5.41) is 11.7. The van der Waals surface area contributed by atoms with Crippen molar-refractivity contribution >= 4 is 5.78 Å². The van der Waals surface area contributed by atoms with E-state index < -0.39 is 17.1 Å². The standard InChI is InChI=1S/C18H21NO4/c1-19-8-7-17-14-10-3-4-12(22-2)15(14)23-16(17)11(20)5-6-18(17,21)13(19)9-10/h3-4,13,16,21H,5-9H2,1-2H3/t13-,16-,17+,18-/m1/s1. The summed E-state index contributed by atoms with van der Waals surface area (Å²) in [4.78, 5) is 14.9. The zero-order valence-corrected chi connectivity index (χ0v) is 13.5. The van der Waals surface area contributed by atoms with Crippen LogP contribution in [-0.2, 0) is 16.6 Å². The van der Waals surface area contributed by atoms with Gasteiger partial charge in [0.1, 0.15) is 0 Å². The van der Waals surface area contributed by atoms with Crippen molar-refractivity contribution in [2.75, 3.05) is 20.7 Å². The lowest BCUT2D eigenvalue weighted by atomic mass is 9.49. The molecule has 2 fully saturated rings. The molecule has 2 bridgehead atoms. The number of methoxy groups -OCH3 is 1. The van der Waals surface area contributed by atoms with Crippen molar-refractivity contribution in [2.24, 2.45) is 0 Å². The van der Waals surface area contributed by atoms with Gasteiger partial charge in [0.15, 0.2) is 23.4 Å². The zero-order chi connectivity index (χ0) is 16.0. The summed E-state index contributed by atoms with van der Waals surface area (Å²) in [5.41, 5.74) is 0.737. The minimum absolute atomic E-state index is 0.0438. The van der Waals surface area contributed by atoms with Crippen LogP contribution in [-0.4, -0.2) is 54.2 Å². The average Bonchev–Trinajstić information content (AvgIpc) is 2.90. The first kappa shape index (κ1) is 13.8. The second-order valence-corrected chi connectivity index (χ2v) is 7.44. The van der Waals surface area contributed by atoms with E-state index >= 15 is 0 Å². The van der Waals surface area contributed by atoms with Crippen LogP contribution in [0.25, 0.3) is 0 Å². The number of nitrogens with zero attached hydrogens (tertiary/aromatic N) is 1. The van der Waals surface area contributed by atoms with Gasteiger partial charge in [-0.2, -0.15) is 0 Å². The Kier molecular flexibility index (Phi) is 2.45. The Balaban J connectivity index is 1.86. The largest absolute Gasteiger partial charge is 0.493 e. The van der Waals surface area contributed by atoms with E-state index in [0.717, 1.165) is 24.9 Å². The number of ketones is 1. The van der Waals surface area contributed by atoms with E-state index in [4.69, 9.17) is 9.47 Å². The van der Waals surface area contributed by atoms with Crippen LogP contribution in [0.15, 0.2) is 12.1 Å². The van der Waals surface area contributed by atoms with Gasteiger partial charge in [-0.1, -0.05) is 6.07 Å². The molecule has 4 atom stereocenters. The van der Waals surface area contributed by atoms with E-state index in [-0.39, 0.29) is 11.8 Å². The smallest absolute Gasteiger partial charge is 0.174 e. The summed E-state index contributed by atoms with van der Waals surface area (Å²) in [6.45, 7) is 0.871. The van der Waals surface area contributed by atoms with Gasteiger partial charge in [0.2, 0.25) is 0 Å². The van der Waals surface area contributed by atoms with Crippen LogP contribution < -0.4 is 9.47 Å². The van der Waals surface area contributed by atoms with Gasteiger partial charge in [-0.05, 0) is 44.5 Å². The van der Waals surface area contributed by atoms with Gasteiger partial charge in [-0.3, -0.25) is 4.79 Å². The number of likely N-dealkylation sites (tertiary alicyclic amines) is 1. The third-order valence-corrected chi connectivity index (χ3v) is 6.73. The van der Waals surface area contributed by atoms with E-state index in [2.05, 4.69) is 18.0 Å². The molecule has 2 heterocycles. The minimum Gasteiger partial charge on any atom is -0.493 e. The molecule has 5 nitrogen and oxygen atoms in total. The molecule has 1 saturated carbocycles. The maximum Gasteiger partial charge on any atom is 0.174 e. The molecular formula is C18H21NO4. The lowest BCUT2D eigenvalue weighted by Gasteiger charge is -2.62. The molecule has 0 amide bonds. The zero-order valence-electron chi connectivity index (χ0n) is 13.5. The maximum absolute atomic E-state index is 12.7. The van der Waals surface area contributed by atoms with E-state index in [1.807, 2.05) is 6.07 Å². The SMILES string of the molecule is COc1ccc2c3c1O[C@@H]1C(=O)CC[C@@]4(O)[C@@H](C2)N(C)CC[C@]314. The van der Waals surface area contributed by atoms with Crippen molar-refractivity contribution in [2.45, 2.75) is 48.8 Å². The molecule has 2 aliphatic heterocycles. The van der Waals surface area contributed by atoms with Gasteiger partial charge in [0, 0.05) is 18.0 Å². The average molecular weight is 315 g/mol. The fourth-order valence-corrected chi connectivity index (χ4v) is 5.69. The summed E-state index contributed by atoms with van der Waals surface area (Å²) < 4.78 is 11.6. The molecule has 0 radical (unpaired) electrons. The summed E-state index contributed by atoms with van der Waals surface area (Å²) in [6, 6.07) is 4.05. The Bertz CT molecular complexity index is 732. The Hall–Kier alpha value is -1.59. The van der Waals surface area contributed by atoms with E-state index in [1.54, 1.807) is 7.11 Å². The number of likely N-dealkylation sites (N-methyl/N-ethyl adjacent to an activating group) is 1. The highest BCUT2D eigenvalue weighted by Gasteiger charge is 2.72. The van der Waals surface area contributed by atoms with E-state index in [1.165, 1.54) is 5.56 Å². The highest BCUT2D eigenvalue weighted by atomic mass is 16.5. The molecule has 5 heteroatoms. The molecule has 1 spiro atoms. The van der Waals surface area contributed by atoms with Gasteiger partial charge >= 0.3 is 0 Å². The van der Waals surface area contributed by atoms with E-state index in [0.29, 0.717) is 24.3 Å². The number of piperidine rings is 1. The number of hydrogen-bond acceptors (Lipinski definition) is 5. The van der Waals surface area contributed by atoms with Gasteiger partial charge < -0.3 is 19.5 Å². The topological polar surface area (TPSA) is 59.0 Å². The van der Waals surface area contributed by atoms with Crippen molar-refractivity contribution in [3.8, 4) is 11.5 Å². The summed E-state index contributed by atoms with van der Waals surface area (Å²) in [5.74, 6) is 1.47. The number of carbonyl (C=O) groups excluding carboxylic acids is 1. The van der Waals surface area contributed by atoms with Gasteiger partial charge in [0.05, 0.1) is 18.1 Å². The molecule has 23 heavy (non-hydrogen) atoms. The van der Waals surface area contributed by atoms with Crippen LogP contribution in [0.2, 0.25) is 0 Å². The quantitative estimate of drug-likeness (QED) is 0.839. The van der Waals surface area contributed by atoms with Gasteiger partial charge in [0.25, 0.3) is 0 Å². The summed E-state index contributed by atoms with van der Waals surface area (Å²) in [7, 11) is 3.70. The number of aliphatic hydroxyl groups is 1. The van der Waals surface area contributed by atoms with Crippen LogP contribution in [0.5, 0.6) is 11.5 Å². The highest BCUT2D eigenvalue weighted by Crippen LogP contribution is 2.64. The number of benzene rings is 1. The third kappa shape index (κ3) is 1.32. The van der Waals surface area contributed by atoms with Crippen LogP contribution in [0, 0.1) is 0 Å². The number of rotatable bonds is 1. The first-order chi connectivity index (χ1) is 11.0. The Morgan fingerprint density at radius 3 is 3.00 bits per heavy atom. The molecule has 1 aromatic rings. The van der Waals surface area contributed by atoms with Gasteiger partial charge in [-0.15, -0.1) is 0 Å². The highest BCUT2D eigenvalue weighted by molar-refractivity contribution is 5.90. The molecule has 1 N–H and O–H groups in total. The lowest BCUT2D eigenvalue weighted by Crippen LogP contribution is -2.76. The van der Waals surface area contributed by atoms with Crippen LogP contribution >= 0.6 is 0 Å². The van der Waals surface area contributed by atoms with Crippen molar-refractivity contribution in [3.63, 3.8) is 0 Å². The Morgan fingerprint density at radius 1 is 1.39 bits per heavy atom. The number of carbonyl (C=O) groups is 1. The maximum atomic E-state index is 12.7. The Morgan fingerprint density at radius 2 is 2.22 bits per heavy atom. The molecule has 122 valence electrons. The second-order valence-electron chi connectivity index (χ2n) is 7.44. The predicted octanol–water partition coefficient (Wildman–Crippen LogP) is 1.05. The molecule has 0 aromatic heterocycles. The first-order valence-electron chi connectivity index (χ1n) is 8.35. The minimum atomic E-state index is -0.900. The molecule has 5 rings (SSSR count). The molecule has 1 saturated heterocycles. The van der Waals surface area contributed by atoms with Crippen LogP contribution in [0.3, 0.4) is 0 Å². The van der Waals surface area contributed by atoms with Crippen LogP contribution in [0.1, 0.15) is 30.4 Å². The third-order valence-electron chi connectivity index (χ3n) is 6.73. The van der Waals surface area contributed by atoms with Crippen LogP contribution in [0.4, 0.5) is 0 Å². The number of hydrogen-bond donors (Lipinski definition) is 1.